The molecule has 0 spiro atoms. The van der Waals surface area contributed by atoms with Crippen LogP contribution in [0.3, 0.4) is 0 Å². The van der Waals surface area contributed by atoms with Crippen molar-refractivity contribution in [2.45, 2.75) is 26.6 Å². The van der Waals surface area contributed by atoms with Gasteiger partial charge in [0.15, 0.2) is 29.6 Å². The highest BCUT2D eigenvalue weighted by molar-refractivity contribution is 5.77. The van der Waals surface area contributed by atoms with Gasteiger partial charge in [0, 0.05) is 0 Å². The van der Waals surface area contributed by atoms with E-state index in [1.54, 1.807) is 38.5 Å². The zero-order chi connectivity index (χ0) is 25.8. The van der Waals surface area contributed by atoms with Gasteiger partial charge in [0.25, 0.3) is 5.91 Å². The molecule has 8 heteroatoms. The highest BCUT2D eigenvalue weighted by atomic mass is 16.5. The minimum absolute atomic E-state index is 0.122. The van der Waals surface area contributed by atoms with Crippen molar-refractivity contribution in [3.63, 3.8) is 0 Å². The number of nitrogens with one attached hydrogen (secondary N) is 1. The fourth-order valence-electron chi connectivity index (χ4n) is 3.28. The maximum atomic E-state index is 12.3. The van der Waals surface area contributed by atoms with Gasteiger partial charge in [0.2, 0.25) is 5.75 Å². The number of amides is 1. The fourth-order valence-corrected chi connectivity index (χ4v) is 3.28. The molecule has 1 amide bonds. The summed E-state index contributed by atoms with van der Waals surface area (Å²) in [6.07, 6.45) is 0.122. The van der Waals surface area contributed by atoms with Crippen molar-refractivity contribution in [1.82, 2.24) is 5.32 Å². The largest absolute Gasteiger partial charge is 0.493 e. The molecule has 3 aromatic carbocycles. The molecule has 0 aliphatic rings. The Morgan fingerprint density at radius 1 is 0.778 bits per heavy atom. The maximum Gasteiger partial charge on any atom is 0.258 e. The molecule has 192 valence electrons. The number of rotatable bonds is 14. The van der Waals surface area contributed by atoms with Crippen LogP contribution in [0.25, 0.3) is 0 Å². The van der Waals surface area contributed by atoms with Gasteiger partial charge in [-0.05, 0) is 55.8 Å². The molecule has 8 nitrogen and oxygen atoms in total. The summed E-state index contributed by atoms with van der Waals surface area (Å²) in [7, 11) is 3.11. The van der Waals surface area contributed by atoms with Crippen LogP contribution in [0.5, 0.6) is 34.5 Å². The highest BCUT2D eigenvalue weighted by Gasteiger charge is 2.12. The Morgan fingerprint density at radius 2 is 1.39 bits per heavy atom. The lowest BCUT2D eigenvalue weighted by Crippen LogP contribution is -2.32. The molecule has 3 rings (SSSR count). The minimum Gasteiger partial charge on any atom is -0.493 e. The zero-order valence-electron chi connectivity index (χ0n) is 21.1. The van der Waals surface area contributed by atoms with Crippen molar-refractivity contribution in [3.05, 3.63) is 72.3 Å². The third kappa shape index (κ3) is 8.01. The molecule has 3 aromatic rings. The van der Waals surface area contributed by atoms with Crippen LogP contribution < -0.4 is 33.7 Å². The van der Waals surface area contributed by atoms with Gasteiger partial charge in [-0.2, -0.15) is 0 Å². The van der Waals surface area contributed by atoms with Crippen LogP contribution >= 0.6 is 0 Å². The van der Waals surface area contributed by atoms with Crippen molar-refractivity contribution in [2.75, 3.05) is 34.0 Å². The van der Waals surface area contributed by atoms with Gasteiger partial charge < -0.3 is 33.7 Å². The summed E-state index contributed by atoms with van der Waals surface area (Å²) >= 11 is 0. The number of benzene rings is 3. The van der Waals surface area contributed by atoms with Gasteiger partial charge in [0.1, 0.15) is 19.0 Å². The Bertz CT molecular complexity index is 1080. The van der Waals surface area contributed by atoms with Crippen LogP contribution in [0, 0.1) is 0 Å². The first kappa shape index (κ1) is 26.5. The number of hydrogen-bond acceptors (Lipinski definition) is 7. The molecule has 0 saturated carbocycles. The normalized spacial score (nSPS) is 10.5. The van der Waals surface area contributed by atoms with Gasteiger partial charge in [0.05, 0.1) is 26.9 Å². The van der Waals surface area contributed by atoms with Crippen molar-refractivity contribution < 1.29 is 33.2 Å². The summed E-state index contributed by atoms with van der Waals surface area (Å²) in [5, 5.41) is 2.77. The van der Waals surface area contributed by atoms with E-state index < -0.39 is 0 Å². The Morgan fingerprint density at radius 3 is 2.00 bits per heavy atom. The summed E-state index contributed by atoms with van der Waals surface area (Å²) in [5.74, 6) is 3.18. The van der Waals surface area contributed by atoms with Crippen LogP contribution in [0.1, 0.15) is 19.4 Å². The lowest BCUT2D eigenvalue weighted by molar-refractivity contribution is -0.123. The molecule has 0 fully saturated rings. The molecule has 0 aliphatic heterocycles. The zero-order valence-corrected chi connectivity index (χ0v) is 21.1. The molecule has 0 saturated heterocycles. The quantitative estimate of drug-likeness (QED) is 0.326. The number of hydrogen-bond donors (Lipinski definition) is 1. The van der Waals surface area contributed by atoms with E-state index in [1.807, 2.05) is 56.3 Å². The SMILES string of the molecule is COc1cccc(OC)c1OCCNC(=O)COc1ccccc1OCc1ccc(OC(C)C)cc1. The first-order chi connectivity index (χ1) is 17.5. The fraction of sp³-hybridized carbons (Fsp3) is 0.321. The summed E-state index contributed by atoms with van der Waals surface area (Å²) < 4.78 is 33.6. The van der Waals surface area contributed by atoms with E-state index in [4.69, 9.17) is 28.4 Å². The van der Waals surface area contributed by atoms with E-state index in [0.29, 0.717) is 35.4 Å². The predicted octanol–water partition coefficient (Wildman–Crippen LogP) is 4.64. The molecule has 36 heavy (non-hydrogen) atoms. The van der Waals surface area contributed by atoms with E-state index in [0.717, 1.165) is 11.3 Å². The third-order valence-corrected chi connectivity index (χ3v) is 4.95. The molecule has 0 aromatic heterocycles. The van der Waals surface area contributed by atoms with Crippen LogP contribution in [0.4, 0.5) is 0 Å². The number of para-hydroxylation sites is 3. The topological polar surface area (TPSA) is 84.5 Å². The molecular formula is C28H33NO7. The second kappa shape index (κ2) is 13.7. The van der Waals surface area contributed by atoms with E-state index in [9.17, 15) is 4.79 Å². The smallest absolute Gasteiger partial charge is 0.258 e. The first-order valence-corrected chi connectivity index (χ1v) is 11.7. The second-order valence-corrected chi connectivity index (χ2v) is 8.02. The monoisotopic (exact) mass is 495 g/mol. The van der Waals surface area contributed by atoms with Crippen molar-refractivity contribution in [2.24, 2.45) is 0 Å². The molecule has 1 N–H and O–H groups in total. The van der Waals surface area contributed by atoms with Gasteiger partial charge in [-0.15, -0.1) is 0 Å². The third-order valence-electron chi connectivity index (χ3n) is 4.95. The van der Waals surface area contributed by atoms with Crippen molar-refractivity contribution in [3.8, 4) is 34.5 Å². The molecule has 0 radical (unpaired) electrons. The number of methoxy groups -OCH3 is 2. The molecule has 0 heterocycles. The Balaban J connectivity index is 1.44. The van der Waals surface area contributed by atoms with Gasteiger partial charge in [-0.1, -0.05) is 30.3 Å². The van der Waals surface area contributed by atoms with Crippen LogP contribution in [-0.4, -0.2) is 46.0 Å². The summed E-state index contributed by atoms with van der Waals surface area (Å²) in [5.41, 5.74) is 0.991. The van der Waals surface area contributed by atoms with Crippen LogP contribution in [0.2, 0.25) is 0 Å². The molecule has 0 bridgehead atoms. The van der Waals surface area contributed by atoms with Crippen LogP contribution in [-0.2, 0) is 11.4 Å². The highest BCUT2D eigenvalue weighted by Crippen LogP contribution is 2.36. The average molecular weight is 496 g/mol. The Kier molecular flexibility index (Phi) is 10.1. The molecule has 0 aliphatic carbocycles. The number of carbonyl (C=O) groups excluding carboxylic acids is 1. The van der Waals surface area contributed by atoms with Crippen molar-refractivity contribution in [1.29, 1.82) is 0 Å². The summed E-state index contributed by atoms with van der Waals surface area (Å²) in [4.78, 5) is 12.3. The first-order valence-electron chi connectivity index (χ1n) is 11.7. The van der Waals surface area contributed by atoms with Gasteiger partial charge in [-0.3, -0.25) is 4.79 Å². The second-order valence-electron chi connectivity index (χ2n) is 8.02. The van der Waals surface area contributed by atoms with E-state index in [2.05, 4.69) is 5.32 Å². The number of carbonyl (C=O) groups is 1. The summed E-state index contributed by atoms with van der Waals surface area (Å²) in [6.45, 7) is 4.71. The number of ether oxygens (including phenoxy) is 6. The summed E-state index contributed by atoms with van der Waals surface area (Å²) in [6, 6.07) is 20.4. The van der Waals surface area contributed by atoms with E-state index >= 15 is 0 Å². The van der Waals surface area contributed by atoms with Crippen molar-refractivity contribution >= 4 is 5.91 Å². The van der Waals surface area contributed by atoms with E-state index in [-0.39, 0.29) is 31.8 Å². The standard InChI is InChI=1S/C28H33NO7/c1-20(2)36-22-14-12-21(13-15-22)18-34-23-8-5-6-9-24(23)35-19-27(30)29-16-17-33-28-25(31-3)10-7-11-26(28)32-4/h5-15,20H,16-19H2,1-4H3,(H,29,30). The van der Waals surface area contributed by atoms with Gasteiger partial charge in [-0.25, -0.2) is 0 Å². The lowest BCUT2D eigenvalue weighted by atomic mass is 10.2. The Labute approximate surface area is 212 Å². The van der Waals surface area contributed by atoms with E-state index in [1.165, 1.54) is 0 Å². The molecule has 0 atom stereocenters. The maximum absolute atomic E-state index is 12.3. The average Bonchev–Trinajstić information content (AvgIpc) is 2.89. The van der Waals surface area contributed by atoms with Gasteiger partial charge >= 0.3 is 0 Å². The lowest BCUT2D eigenvalue weighted by Gasteiger charge is -2.15. The molecular weight excluding hydrogens is 462 g/mol. The molecule has 0 unspecified atom stereocenters. The predicted molar refractivity (Wildman–Crippen MR) is 137 cm³/mol. The minimum atomic E-state index is -0.277. The Hall–Kier alpha value is -4.07. The van der Waals surface area contributed by atoms with Crippen LogP contribution in [0.15, 0.2) is 66.7 Å².